The van der Waals surface area contributed by atoms with E-state index < -0.39 is 6.43 Å². The van der Waals surface area contributed by atoms with Crippen LogP contribution in [0.3, 0.4) is 0 Å². The van der Waals surface area contributed by atoms with Gasteiger partial charge >= 0.3 is 0 Å². The maximum absolute atomic E-state index is 12.7. The Bertz CT molecular complexity index is 405. The SMILES string of the molecule is Cc1cc(C(F)F)nc(C(C)N2CCNCC2)n1. The Morgan fingerprint density at radius 3 is 2.56 bits per heavy atom. The lowest BCUT2D eigenvalue weighted by molar-refractivity contribution is 0.142. The Hall–Kier alpha value is -1.14. The number of nitrogens with one attached hydrogen (secondary N) is 1. The van der Waals surface area contributed by atoms with E-state index in [0.717, 1.165) is 26.2 Å². The minimum atomic E-state index is -2.54. The predicted molar refractivity (Wildman–Crippen MR) is 64.6 cm³/mol. The van der Waals surface area contributed by atoms with Crippen molar-refractivity contribution in [2.45, 2.75) is 26.3 Å². The first-order chi connectivity index (χ1) is 8.58. The Labute approximate surface area is 105 Å². The van der Waals surface area contributed by atoms with Gasteiger partial charge in [0.2, 0.25) is 0 Å². The summed E-state index contributed by atoms with van der Waals surface area (Å²) in [6.07, 6.45) is -2.54. The van der Waals surface area contributed by atoms with Gasteiger partial charge < -0.3 is 5.32 Å². The minimum Gasteiger partial charge on any atom is -0.314 e. The molecule has 100 valence electrons. The van der Waals surface area contributed by atoms with Crippen LogP contribution in [0, 0.1) is 6.92 Å². The number of halogens is 2. The molecule has 4 nitrogen and oxygen atoms in total. The van der Waals surface area contributed by atoms with Crippen LogP contribution < -0.4 is 5.32 Å². The molecule has 0 bridgehead atoms. The fourth-order valence-corrected chi connectivity index (χ4v) is 2.15. The molecule has 0 saturated carbocycles. The van der Waals surface area contributed by atoms with Crippen molar-refractivity contribution in [3.8, 4) is 0 Å². The average molecular weight is 256 g/mol. The molecule has 1 aromatic rings. The largest absolute Gasteiger partial charge is 0.314 e. The highest BCUT2D eigenvalue weighted by Crippen LogP contribution is 2.22. The molecule has 1 aliphatic rings. The predicted octanol–water partition coefficient (Wildman–Crippen LogP) is 1.69. The van der Waals surface area contributed by atoms with Crippen molar-refractivity contribution < 1.29 is 8.78 Å². The number of rotatable bonds is 3. The lowest BCUT2D eigenvalue weighted by Gasteiger charge is -2.32. The maximum atomic E-state index is 12.7. The number of aromatic nitrogens is 2. The number of hydrogen-bond donors (Lipinski definition) is 1. The summed E-state index contributed by atoms with van der Waals surface area (Å²) in [5.74, 6) is 0.493. The molecular weight excluding hydrogens is 238 g/mol. The van der Waals surface area contributed by atoms with Crippen LogP contribution in [0.5, 0.6) is 0 Å². The summed E-state index contributed by atoms with van der Waals surface area (Å²) < 4.78 is 25.4. The van der Waals surface area contributed by atoms with Crippen LogP contribution in [0.4, 0.5) is 8.78 Å². The van der Waals surface area contributed by atoms with Crippen molar-refractivity contribution in [3.63, 3.8) is 0 Å². The highest BCUT2D eigenvalue weighted by molar-refractivity contribution is 5.12. The molecule has 1 fully saturated rings. The summed E-state index contributed by atoms with van der Waals surface area (Å²) in [5.41, 5.74) is 0.414. The molecule has 1 aliphatic heterocycles. The van der Waals surface area contributed by atoms with Crippen LogP contribution in [0.1, 0.15) is 36.6 Å². The summed E-state index contributed by atoms with van der Waals surface area (Å²) in [4.78, 5) is 10.5. The van der Waals surface area contributed by atoms with E-state index in [1.165, 1.54) is 6.07 Å². The van der Waals surface area contributed by atoms with E-state index in [1.54, 1.807) is 6.92 Å². The summed E-state index contributed by atoms with van der Waals surface area (Å²) in [7, 11) is 0. The molecule has 0 aliphatic carbocycles. The first kappa shape index (κ1) is 13.3. The molecular formula is C12H18F2N4. The van der Waals surface area contributed by atoms with Crippen LogP contribution in [0.2, 0.25) is 0 Å². The van der Waals surface area contributed by atoms with Crippen LogP contribution in [-0.2, 0) is 0 Å². The Morgan fingerprint density at radius 2 is 1.94 bits per heavy atom. The summed E-state index contributed by atoms with van der Waals surface area (Å²) in [5, 5.41) is 3.26. The third-order valence-electron chi connectivity index (χ3n) is 3.19. The Kier molecular flexibility index (Phi) is 4.19. The van der Waals surface area contributed by atoms with E-state index in [1.807, 2.05) is 6.92 Å². The monoisotopic (exact) mass is 256 g/mol. The fraction of sp³-hybridized carbons (Fsp3) is 0.667. The lowest BCUT2D eigenvalue weighted by atomic mass is 10.2. The van der Waals surface area contributed by atoms with Gasteiger partial charge in [0, 0.05) is 31.9 Å². The highest BCUT2D eigenvalue weighted by Gasteiger charge is 2.22. The molecule has 18 heavy (non-hydrogen) atoms. The fourth-order valence-electron chi connectivity index (χ4n) is 2.15. The minimum absolute atomic E-state index is 0.0236. The van der Waals surface area contributed by atoms with Crippen molar-refractivity contribution in [3.05, 3.63) is 23.3 Å². The lowest BCUT2D eigenvalue weighted by Crippen LogP contribution is -2.44. The van der Waals surface area contributed by atoms with Crippen molar-refractivity contribution >= 4 is 0 Å². The average Bonchev–Trinajstić information content (AvgIpc) is 2.38. The Balaban J connectivity index is 2.20. The van der Waals surface area contributed by atoms with Crippen LogP contribution in [0.25, 0.3) is 0 Å². The molecule has 0 spiro atoms. The zero-order chi connectivity index (χ0) is 13.1. The number of hydrogen-bond acceptors (Lipinski definition) is 4. The van der Waals surface area contributed by atoms with Crippen LogP contribution in [-0.4, -0.2) is 41.0 Å². The molecule has 0 aromatic carbocycles. The van der Waals surface area contributed by atoms with Gasteiger partial charge in [0.15, 0.2) is 0 Å². The van der Waals surface area contributed by atoms with Crippen molar-refractivity contribution in [1.82, 2.24) is 20.2 Å². The zero-order valence-electron chi connectivity index (χ0n) is 10.7. The standard InChI is InChI=1S/C12H18F2N4/c1-8-7-10(11(13)14)17-12(16-8)9(2)18-5-3-15-4-6-18/h7,9,11,15H,3-6H2,1-2H3. The third kappa shape index (κ3) is 3.00. The van der Waals surface area contributed by atoms with Crippen molar-refractivity contribution in [2.75, 3.05) is 26.2 Å². The molecule has 0 radical (unpaired) electrons. The molecule has 1 aromatic heterocycles. The van der Waals surface area contributed by atoms with Gasteiger partial charge in [-0.15, -0.1) is 0 Å². The molecule has 1 N–H and O–H groups in total. The number of aryl methyl sites for hydroxylation is 1. The first-order valence-electron chi connectivity index (χ1n) is 6.16. The smallest absolute Gasteiger partial charge is 0.280 e. The molecule has 2 heterocycles. The quantitative estimate of drug-likeness (QED) is 0.893. The van der Waals surface area contributed by atoms with E-state index in [0.29, 0.717) is 11.5 Å². The number of nitrogens with zero attached hydrogens (tertiary/aromatic N) is 3. The molecule has 1 atom stereocenters. The van der Waals surface area contributed by atoms with E-state index in [-0.39, 0.29) is 11.7 Å². The number of alkyl halides is 2. The summed E-state index contributed by atoms with van der Waals surface area (Å²) >= 11 is 0. The first-order valence-corrected chi connectivity index (χ1v) is 6.16. The van der Waals surface area contributed by atoms with E-state index in [4.69, 9.17) is 0 Å². The highest BCUT2D eigenvalue weighted by atomic mass is 19.3. The maximum Gasteiger partial charge on any atom is 0.280 e. The van der Waals surface area contributed by atoms with Gasteiger partial charge in [-0.05, 0) is 19.9 Å². The molecule has 2 rings (SSSR count). The Morgan fingerprint density at radius 1 is 1.28 bits per heavy atom. The van der Waals surface area contributed by atoms with Crippen molar-refractivity contribution in [1.29, 1.82) is 0 Å². The van der Waals surface area contributed by atoms with Gasteiger partial charge in [-0.1, -0.05) is 0 Å². The van der Waals surface area contributed by atoms with Crippen molar-refractivity contribution in [2.24, 2.45) is 0 Å². The number of piperazine rings is 1. The second kappa shape index (κ2) is 5.67. The van der Waals surface area contributed by atoms with E-state index in [9.17, 15) is 8.78 Å². The summed E-state index contributed by atoms with van der Waals surface area (Å²) in [6, 6.07) is 1.32. The second-order valence-corrected chi connectivity index (χ2v) is 4.56. The zero-order valence-corrected chi connectivity index (χ0v) is 10.7. The van der Waals surface area contributed by atoms with E-state index in [2.05, 4.69) is 20.2 Å². The third-order valence-corrected chi connectivity index (χ3v) is 3.19. The van der Waals surface area contributed by atoms with Gasteiger partial charge in [-0.3, -0.25) is 4.90 Å². The van der Waals surface area contributed by atoms with Gasteiger partial charge in [0.25, 0.3) is 6.43 Å². The van der Waals surface area contributed by atoms with Gasteiger partial charge in [0.05, 0.1) is 6.04 Å². The van der Waals surface area contributed by atoms with Gasteiger partial charge in [-0.25, -0.2) is 18.7 Å². The normalized spacial score (nSPS) is 19.2. The topological polar surface area (TPSA) is 41.1 Å². The van der Waals surface area contributed by atoms with Crippen LogP contribution in [0.15, 0.2) is 6.07 Å². The molecule has 1 unspecified atom stereocenters. The molecule has 0 amide bonds. The summed E-state index contributed by atoms with van der Waals surface area (Å²) in [6.45, 7) is 7.30. The molecule has 1 saturated heterocycles. The van der Waals surface area contributed by atoms with Gasteiger partial charge in [-0.2, -0.15) is 0 Å². The van der Waals surface area contributed by atoms with E-state index >= 15 is 0 Å². The molecule has 6 heteroatoms. The second-order valence-electron chi connectivity index (χ2n) is 4.56. The van der Waals surface area contributed by atoms with Crippen LogP contribution >= 0.6 is 0 Å². The van der Waals surface area contributed by atoms with Gasteiger partial charge in [0.1, 0.15) is 11.5 Å².